The van der Waals surface area contributed by atoms with E-state index in [9.17, 15) is 0 Å². The fraction of sp³-hybridized carbons (Fsp3) is 0.200. The minimum absolute atomic E-state index is 0.262. The van der Waals surface area contributed by atoms with Crippen molar-refractivity contribution in [2.45, 2.75) is 19.5 Å². The number of H-pyrrole nitrogens is 1. The Morgan fingerprint density at radius 3 is 2.90 bits per heavy atom. The predicted molar refractivity (Wildman–Crippen MR) is 81.4 cm³/mol. The van der Waals surface area contributed by atoms with E-state index in [-0.39, 0.29) is 6.04 Å². The minimum atomic E-state index is 0.262. The number of aromatic amines is 1. The molecule has 1 unspecified atom stereocenters. The van der Waals surface area contributed by atoms with Gasteiger partial charge in [-0.05, 0) is 6.92 Å². The predicted octanol–water partition coefficient (Wildman–Crippen LogP) is 3.38. The standard InChI is InChI=1S/C15H16N4S/c1-11(13-7-17-18-8-13)16-9-15-19-14(10-20-15)12-5-3-2-4-6-12/h2-8,10-11,16H,9H2,1H3,(H,17,18). The van der Waals surface area contributed by atoms with E-state index in [1.54, 1.807) is 11.3 Å². The molecule has 5 heteroatoms. The Morgan fingerprint density at radius 1 is 1.30 bits per heavy atom. The molecule has 4 nitrogen and oxygen atoms in total. The van der Waals surface area contributed by atoms with Gasteiger partial charge in [0.2, 0.25) is 0 Å². The van der Waals surface area contributed by atoms with Crippen LogP contribution in [0.1, 0.15) is 23.5 Å². The second-order valence-electron chi connectivity index (χ2n) is 4.63. The van der Waals surface area contributed by atoms with E-state index in [4.69, 9.17) is 0 Å². The number of benzene rings is 1. The van der Waals surface area contributed by atoms with E-state index in [2.05, 4.69) is 44.9 Å². The number of hydrogen-bond acceptors (Lipinski definition) is 4. The van der Waals surface area contributed by atoms with Crippen LogP contribution in [0.3, 0.4) is 0 Å². The summed E-state index contributed by atoms with van der Waals surface area (Å²) in [5, 5.41) is 13.5. The van der Waals surface area contributed by atoms with E-state index in [1.807, 2.05) is 30.6 Å². The summed E-state index contributed by atoms with van der Waals surface area (Å²) in [6.07, 6.45) is 3.75. The first kappa shape index (κ1) is 13.0. The fourth-order valence-corrected chi connectivity index (χ4v) is 2.74. The number of aromatic nitrogens is 3. The van der Waals surface area contributed by atoms with Crippen molar-refractivity contribution < 1.29 is 0 Å². The Morgan fingerprint density at radius 2 is 2.15 bits per heavy atom. The highest BCUT2D eigenvalue weighted by molar-refractivity contribution is 7.09. The van der Waals surface area contributed by atoms with E-state index in [1.165, 1.54) is 0 Å². The molecule has 20 heavy (non-hydrogen) atoms. The highest BCUT2D eigenvalue weighted by Gasteiger charge is 2.08. The van der Waals surface area contributed by atoms with Gasteiger partial charge in [0.15, 0.2) is 0 Å². The van der Waals surface area contributed by atoms with Crippen molar-refractivity contribution in [3.63, 3.8) is 0 Å². The monoisotopic (exact) mass is 284 g/mol. The third kappa shape index (κ3) is 2.95. The van der Waals surface area contributed by atoms with E-state index in [0.29, 0.717) is 0 Å². The Hall–Kier alpha value is -1.98. The molecule has 0 radical (unpaired) electrons. The molecule has 1 atom stereocenters. The first-order valence-electron chi connectivity index (χ1n) is 6.55. The molecule has 0 saturated heterocycles. The number of thiazole rings is 1. The molecule has 102 valence electrons. The molecule has 2 N–H and O–H groups in total. The van der Waals surface area contributed by atoms with Crippen molar-refractivity contribution in [2.75, 3.05) is 0 Å². The maximum absolute atomic E-state index is 4.67. The van der Waals surface area contributed by atoms with Gasteiger partial charge in [-0.2, -0.15) is 5.10 Å². The number of rotatable bonds is 5. The molecule has 0 fully saturated rings. The molecule has 1 aromatic carbocycles. The first-order chi connectivity index (χ1) is 9.83. The summed E-state index contributed by atoms with van der Waals surface area (Å²) in [5.41, 5.74) is 3.37. The maximum atomic E-state index is 4.67. The largest absolute Gasteiger partial charge is 0.304 e. The van der Waals surface area contributed by atoms with Gasteiger partial charge in [-0.1, -0.05) is 30.3 Å². The second kappa shape index (κ2) is 5.98. The molecule has 0 aliphatic rings. The van der Waals surface area contributed by atoms with Crippen LogP contribution in [0.25, 0.3) is 11.3 Å². The Labute approximate surface area is 121 Å². The van der Waals surface area contributed by atoms with Crippen LogP contribution in [0.2, 0.25) is 0 Å². The summed E-state index contributed by atoms with van der Waals surface area (Å²) < 4.78 is 0. The molecular weight excluding hydrogens is 268 g/mol. The minimum Gasteiger partial charge on any atom is -0.304 e. The van der Waals surface area contributed by atoms with Gasteiger partial charge < -0.3 is 5.32 Å². The average molecular weight is 284 g/mol. The highest BCUT2D eigenvalue weighted by Crippen LogP contribution is 2.22. The lowest BCUT2D eigenvalue weighted by Crippen LogP contribution is -2.17. The van der Waals surface area contributed by atoms with E-state index in [0.717, 1.165) is 28.4 Å². The molecular formula is C15H16N4S. The topological polar surface area (TPSA) is 53.6 Å². The van der Waals surface area contributed by atoms with Crippen molar-refractivity contribution in [2.24, 2.45) is 0 Å². The van der Waals surface area contributed by atoms with E-state index < -0.39 is 0 Å². The van der Waals surface area contributed by atoms with Crippen molar-refractivity contribution >= 4 is 11.3 Å². The third-order valence-corrected chi connectivity index (χ3v) is 4.05. The average Bonchev–Trinajstić information content (AvgIpc) is 3.17. The molecule has 0 aliphatic heterocycles. The number of nitrogens with zero attached hydrogens (tertiary/aromatic N) is 2. The molecule has 3 rings (SSSR count). The van der Waals surface area contributed by atoms with Crippen molar-refractivity contribution in [1.29, 1.82) is 0 Å². The molecule has 3 aromatic rings. The summed E-state index contributed by atoms with van der Waals surface area (Å²) in [5.74, 6) is 0. The van der Waals surface area contributed by atoms with Crippen LogP contribution in [0.5, 0.6) is 0 Å². The number of nitrogens with one attached hydrogen (secondary N) is 2. The van der Waals surface area contributed by atoms with Gasteiger partial charge in [-0.15, -0.1) is 11.3 Å². The second-order valence-corrected chi connectivity index (χ2v) is 5.57. The molecule has 0 amide bonds. The zero-order valence-electron chi connectivity index (χ0n) is 11.2. The molecule has 0 aliphatic carbocycles. The van der Waals surface area contributed by atoms with Gasteiger partial charge >= 0.3 is 0 Å². The summed E-state index contributed by atoms with van der Waals surface area (Å²) in [4.78, 5) is 4.67. The van der Waals surface area contributed by atoms with Gasteiger partial charge in [-0.25, -0.2) is 4.98 Å². The van der Waals surface area contributed by atoms with Crippen LogP contribution < -0.4 is 5.32 Å². The number of hydrogen-bond donors (Lipinski definition) is 2. The quantitative estimate of drug-likeness (QED) is 0.755. The maximum Gasteiger partial charge on any atom is 0.107 e. The van der Waals surface area contributed by atoms with Gasteiger partial charge in [0.1, 0.15) is 5.01 Å². The Bertz CT molecular complexity index is 646. The summed E-state index contributed by atoms with van der Waals surface area (Å²) in [6, 6.07) is 10.5. The van der Waals surface area contributed by atoms with Crippen LogP contribution in [-0.4, -0.2) is 15.2 Å². The molecule has 2 aromatic heterocycles. The summed E-state index contributed by atoms with van der Waals surface area (Å²) in [7, 11) is 0. The summed E-state index contributed by atoms with van der Waals surface area (Å²) in [6.45, 7) is 2.89. The highest BCUT2D eigenvalue weighted by atomic mass is 32.1. The van der Waals surface area contributed by atoms with Crippen molar-refractivity contribution in [1.82, 2.24) is 20.5 Å². The lowest BCUT2D eigenvalue weighted by Gasteiger charge is -2.09. The van der Waals surface area contributed by atoms with Gasteiger partial charge in [0.25, 0.3) is 0 Å². The molecule has 0 spiro atoms. The molecule has 0 bridgehead atoms. The van der Waals surface area contributed by atoms with Crippen LogP contribution in [0, 0.1) is 0 Å². The van der Waals surface area contributed by atoms with Crippen LogP contribution >= 0.6 is 11.3 Å². The lowest BCUT2D eigenvalue weighted by atomic mass is 10.2. The fourth-order valence-electron chi connectivity index (χ4n) is 1.99. The Balaban J connectivity index is 1.63. The SMILES string of the molecule is CC(NCc1nc(-c2ccccc2)cs1)c1cn[nH]c1. The van der Waals surface area contributed by atoms with Crippen molar-refractivity contribution in [3.8, 4) is 11.3 Å². The zero-order valence-corrected chi connectivity index (χ0v) is 12.0. The Kier molecular flexibility index (Phi) is 3.90. The first-order valence-corrected chi connectivity index (χ1v) is 7.43. The van der Waals surface area contributed by atoms with E-state index >= 15 is 0 Å². The smallest absolute Gasteiger partial charge is 0.107 e. The molecule has 2 heterocycles. The van der Waals surface area contributed by atoms with Crippen LogP contribution in [-0.2, 0) is 6.54 Å². The third-order valence-electron chi connectivity index (χ3n) is 3.20. The summed E-state index contributed by atoms with van der Waals surface area (Å²) >= 11 is 1.69. The lowest BCUT2D eigenvalue weighted by molar-refractivity contribution is 0.573. The van der Waals surface area contributed by atoms with Gasteiger partial charge in [-0.3, -0.25) is 5.10 Å². The normalized spacial score (nSPS) is 12.4. The van der Waals surface area contributed by atoms with Gasteiger partial charge in [0, 0.05) is 35.3 Å². The van der Waals surface area contributed by atoms with Crippen molar-refractivity contribution in [3.05, 3.63) is 58.7 Å². The van der Waals surface area contributed by atoms with Gasteiger partial charge in [0.05, 0.1) is 11.9 Å². The van der Waals surface area contributed by atoms with Crippen LogP contribution in [0.4, 0.5) is 0 Å². The zero-order chi connectivity index (χ0) is 13.8. The molecule has 0 saturated carbocycles. The van der Waals surface area contributed by atoms with Crippen LogP contribution in [0.15, 0.2) is 48.1 Å².